The maximum Gasteiger partial charge on any atom is 0.416 e. The second-order valence-corrected chi connectivity index (χ2v) is 9.83. The first-order chi connectivity index (χ1) is 18.1. The zero-order valence-electron chi connectivity index (χ0n) is 21.1. The molecule has 0 bridgehead atoms. The first-order valence-corrected chi connectivity index (χ1v) is 12.6. The number of aryl methyl sites for hydroxylation is 1. The zero-order valence-corrected chi connectivity index (χ0v) is 21.1. The van der Waals surface area contributed by atoms with Crippen LogP contribution in [0.1, 0.15) is 42.4 Å². The number of likely N-dealkylation sites (N-methyl/N-ethyl adjacent to an activating group) is 1. The van der Waals surface area contributed by atoms with E-state index in [4.69, 9.17) is 4.74 Å². The number of benzene rings is 2. The molecule has 0 atom stereocenters. The molecule has 1 fully saturated rings. The summed E-state index contributed by atoms with van der Waals surface area (Å²) in [6.45, 7) is 2.55. The normalized spacial score (nSPS) is 14.7. The molecule has 5 rings (SSSR count). The van der Waals surface area contributed by atoms with E-state index in [2.05, 4.69) is 15.0 Å². The lowest BCUT2D eigenvalue weighted by molar-refractivity contribution is -0.138. The summed E-state index contributed by atoms with van der Waals surface area (Å²) in [7, 11) is 1.72. The molecule has 1 N–H and O–H groups in total. The van der Waals surface area contributed by atoms with Crippen LogP contribution in [0.3, 0.4) is 0 Å². The highest BCUT2D eigenvalue weighted by Gasteiger charge is 2.33. The minimum absolute atomic E-state index is 0.0195. The number of fused-ring (bicyclic) bond motifs is 2. The van der Waals surface area contributed by atoms with Gasteiger partial charge in [-0.3, -0.25) is 9.78 Å². The Bertz CT molecular complexity index is 1560. The number of nitrogens with zero attached hydrogens (tertiary/aromatic N) is 4. The monoisotopic (exact) mass is 527 g/mol. The van der Waals surface area contributed by atoms with Crippen molar-refractivity contribution in [3.05, 3.63) is 73.9 Å². The third-order valence-corrected chi connectivity index (χ3v) is 6.97. The van der Waals surface area contributed by atoms with E-state index in [0.29, 0.717) is 23.3 Å². The van der Waals surface area contributed by atoms with Crippen LogP contribution in [0.4, 0.5) is 13.2 Å². The van der Waals surface area contributed by atoms with Crippen LogP contribution in [0.25, 0.3) is 22.6 Å². The molecular weight excluding hydrogens is 499 g/mol. The lowest BCUT2D eigenvalue weighted by Crippen LogP contribution is -2.31. The Morgan fingerprint density at radius 3 is 2.61 bits per heavy atom. The van der Waals surface area contributed by atoms with Crippen LogP contribution in [0, 0.1) is 6.92 Å². The van der Waals surface area contributed by atoms with Gasteiger partial charge in [-0.2, -0.15) is 18.2 Å². The van der Waals surface area contributed by atoms with Gasteiger partial charge in [0, 0.05) is 25.7 Å². The smallest absolute Gasteiger partial charge is 0.416 e. The second kappa shape index (κ2) is 10.2. The van der Waals surface area contributed by atoms with Crippen molar-refractivity contribution in [2.24, 2.45) is 0 Å². The second-order valence-electron chi connectivity index (χ2n) is 9.83. The highest BCUT2D eigenvalue weighted by molar-refractivity contribution is 5.82. The van der Waals surface area contributed by atoms with Crippen molar-refractivity contribution in [3.63, 3.8) is 0 Å². The third kappa shape index (κ3) is 5.28. The summed E-state index contributed by atoms with van der Waals surface area (Å²) in [5, 5.41) is 0. The number of nitrogens with one attached hydrogen (secondary N) is 1. The lowest BCUT2D eigenvalue weighted by atomic mass is 10.1. The minimum Gasteiger partial charge on any atom is -0.490 e. The van der Waals surface area contributed by atoms with Crippen LogP contribution in [0.5, 0.6) is 5.75 Å². The standard InChI is InChI=1S/C27H28F3N5O3/c1-16-13-20-21(14-22(16)38-18-8-4-5-9-18)35(24-23(31-20)25(36)33-26(37)32-24)12-11-34(2)15-17-7-3-6-10-19(17)27(28,29)30/h3,6-7,10,13-14,18H,4-5,8-9,11-12,15H2,1-2H3,(H,33,36,37). The highest BCUT2D eigenvalue weighted by Crippen LogP contribution is 2.33. The van der Waals surface area contributed by atoms with Gasteiger partial charge in [-0.15, -0.1) is 0 Å². The number of H-pyrrole nitrogens is 1. The van der Waals surface area contributed by atoms with Crippen LogP contribution < -0.4 is 16.0 Å². The van der Waals surface area contributed by atoms with Gasteiger partial charge < -0.3 is 14.2 Å². The van der Waals surface area contributed by atoms with E-state index in [1.54, 1.807) is 22.6 Å². The van der Waals surface area contributed by atoms with Gasteiger partial charge >= 0.3 is 11.9 Å². The maximum absolute atomic E-state index is 13.5. The molecule has 0 spiro atoms. The molecule has 200 valence electrons. The number of aromatic amines is 1. The van der Waals surface area contributed by atoms with E-state index in [1.807, 2.05) is 19.1 Å². The molecule has 8 nitrogen and oxygen atoms in total. The fraction of sp³-hybridized carbons (Fsp3) is 0.407. The summed E-state index contributed by atoms with van der Waals surface area (Å²) in [4.78, 5) is 37.1. The lowest BCUT2D eigenvalue weighted by Gasteiger charge is -2.23. The molecule has 2 aliphatic heterocycles. The third-order valence-electron chi connectivity index (χ3n) is 6.97. The molecular formula is C27H28F3N5O3. The number of hydrogen-bond acceptors (Lipinski definition) is 6. The van der Waals surface area contributed by atoms with E-state index in [1.165, 1.54) is 12.1 Å². The molecule has 38 heavy (non-hydrogen) atoms. The Kier molecular flexibility index (Phi) is 6.95. The number of halogens is 3. The highest BCUT2D eigenvalue weighted by atomic mass is 19.4. The van der Waals surface area contributed by atoms with Gasteiger partial charge in [0.1, 0.15) is 5.75 Å². The molecule has 1 saturated carbocycles. The molecule has 0 radical (unpaired) electrons. The number of hydrogen-bond donors (Lipinski definition) is 1. The SMILES string of the molecule is Cc1cc2nc3c(=O)[nH]c(=O)nc-3n(CCN(C)Cc3ccccc3C(F)(F)F)c2cc1OC1CCCC1. The summed E-state index contributed by atoms with van der Waals surface area (Å²) in [5.74, 6) is 0.810. The van der Waals surface area contributed by atoms with Crippen molar-refractivity contribution < 1.29 is 17.9 Å². The van der Waals surface area contributed by atoms with Crippen molar-refractivity contribution in [3.8, 4) is 17.3 Å². The molecule has 0 unspecified atom stereocenters. The van der Waals surface area contributed by atoms with Crippen LogP contribution in [-0.2, 0) is 19.3 Å². The van der Waals surface area contributed by atoms with Gasteiger partial charge in [0.05, 0.1) is 22.7 Å². The average molecular weight is 528 g/mol. The van der Waals surface area contributed by atoms with Crippen molar-refractivity contribution in [2.45, 2.75) is 58.0 Å². The fourth-order valence-electron chi connectivity index (χ4n) is 5.04. The van der Waals surface area contributed by atoms with Crippen LogP contribution in [0.2, 0.25) is 0 Å². The zero-order chi connectivity index (χ0) is 27.0. The number of ether oxygens (including phenoxy) is 1. The summed E-state index contributed by atoms with van der Waals surface area (Å²) < 4.78 is 48.4. The number of aromatic nitrogens is 4. The van der Waals surface area contributed by atoms with Crippen LogP contribution in [-0.4, -0.2) is 44.1 Å². The summed E-state index contributed by atoms with van der Waals surface area (Å²) in [6.07, 6.45) is -0.130. The predicted octanol–water partition coefficient (Wildman–Crippen LogP) is 4.37. The van der Waals surface area contributed by atoms with E-state index in [0.717, 1.165) is 37.3 Å². The van der Waals surface area contributed by atoms with E-state index in [-0.39, 0.29) is 36.3 Å². The Morgan fingerprint density at radius 1 is 1.13 bits per heavy atom. The fourth-order valence-corrected chi connectivity index (χ4v) is 5.04. The van der Waals surface area contributed by atoms with Gasteiger partial charge in [-0.1, -0.05) is 18.2 Å². The van der Waals surface area contributed by atoms with Crippen molar-refractivity contribution in [1.82, 2.24) is 24.4 Å². The Labute approximate surface area is 216 Å². The summed E-state index contributed by atoms with van der Waals surface area (Å²) >= 11 is 0. The van der Waals surface area contributed by atoms with Gasteiger partial charge in [-0.25, -0.2) is 9.78 Å². The minimum atomic E-state index is -4.45. The summed E-state index contributed by atoms with van der Waals surface area (Å²) in [5.41, 5.74) is 0.0948. The molecule has 0 aromatic heterocycles. The van der Waals surface area contributed by atoms with E-state index < -0.39 is 23.0 Å². The van der Waals surface area contributed by atoms with Gasteiger partial charge in [0.15, 0.2) is 11.5 Å². The Balaban J connectivity index is 1.52. The van der Waals surface area contributed by atoms with Crippen molar-refractivity contribution >= 4 is 11.0 Å². The van der Waals surface area contributed by atoms with Crippen molar-refractivity contribution in [1.29, 1.82) is 0 Å². The quantitative estimate of drug-likeness (QED) is 0.359. The topological polar surface area (TPSA) is 93.1 Å². The first-order valence-electron chi connectivity index (χ1n) is 12.6. The molecule has 0 amide bonds. The van der Waals surface area contributed by atoms with E-state index in [9.17, 15) is 22.8 Å². The number of alkyl halides is 3. The predicted molar refractivity (Wildman–Crippen MR) is 136 cm³/mol. The summed E-state index contributed by atoms with van der Waals surface area (Å²) in [6, 6.07) is 9.17. The molecule has 2 aromatic rings. The van der Waals surface area contributed by atoms with Gasteiger partial charge in [-0.05, 0) is 62.9 Å². The van der Waals surface area contributed by atoms with Crippen LogP contribution in [0.15, 0.2) is 46.0 Å². The molecule has 2 aromatic carbocycles. The van der Waals surface area contributed by atoms with Crippen LogP contribution >= 0.6 is 0 Å². The Morgan fingerprint density at radius 2 is 1.87 bits per heavy atom. The van der Waals surface area contributed by atoms with Crippen molar-refractivity contribution in [2.75, 3.05) is 13.6 Å². The molecule has 2 heterocycles. The number of rotatable bonds is 7. The average Bonchev–Trinajstić information content (AvgIpc) is 3.36. The van der Waals surface area contributed by atoms with Gasteiger partial charge in [0.25, 0.3) is 5.56 Å². The molecule has 1 aliphatic carbocycles. The van der Waals surface area contributed by atoms with E-state index >= 15 is 0 Å². The van der Waals surface area contributed by atoms with Gasteiger partial charge in [0.2, 0.25) is 0 Å². The largest absolute Gasteiger partial charge is 0.490 e. The maximum atomic E-state index is 13.5. The molecule has 3 aliphatic rings. The first kappa shape index (κ1) is 25.9. The Hall–Kier alpha value is -3.73. The molecule has 11 heteroatoms. The molecule has 0 saturated heterocycles.